The van der Waals surface area contributed by atoms with Crippen molar-refractivity contribution in [2.75, 3.05) is 0 Å². The van der Waals surface area contributed by atoms with Gasteiger partial charge in [0.15, 0.2) is 5.82 Å². The summed E-state index contributed by atoms with van der Waals surface area (Å²) >= 11 is 0. The third-order valence-electron chi connectivity index (χ3n) is 13.4. The molecule has 2 aromatic heterocycles. The van der Waals surface area contributed by atoms with Crippen LogP contribution >= 0.6 is 0 Å². The topological polar surface area (TPSA) is 30.7 Å². The quantitative estimate of drug-likeness (QED) is 0.150. The molecule has 0 amide bonds. The van der Waals surface area contributed by atoms with Gasteiger partial charge in [0.25, 0.3) is 0 Å². The maximum Gasteiger partial charge on any atom is 0.160 e. The fraction of sp³-hybridized carbons (Fsp3) is 0. The molecule has 0 aliphatic rings. The van der Waals surface area contributed by atoms with Gasteiger partial charge < -0.3 is 4.57 Å². The summed E-state index contributed by atoms with van der Waals surface area (Å²) in [6.45, 7) is 0. The van der Waals surface area contributed by atoms with Crippen LogP contribution in [0.1, 0.15) is 0 Å². The molecule has 0 saturated heterocycles. The summed E-state index contributed by atoms with van der Waals surface area (Å²) in [6.07, 6.45) is 0. The lowest BCUT2D eigenvalue weighted by Crippen LogP contribution is -1.99. The minimum absolute atomic E-state index is 0.679. The second kappa shape index (κ2) is 16.0. The lowest BCUT2D eigenvalue weighted by atomic mass is 9.91. The van der Waals surface area contributed by atoms with Gasteiger partial charge in [-0.2, -0.15) is 0 Å². The summed E-state index contributed by atoms with van der Waals surface area (Å²) in [5, 5.41) is 9.93. The molecule has 0 aliphatic carbocycles. The second-order valence-electron chi connectivity index (χ2n) is 17.3. The van der Waals surface area contributed by atoms with Crippen LogP contribution in [0, 0.1) is 0 Å². The van der Waals surface area contributed by atoms with Gasteiger partial charge in [-0.1, -0.05) is 200 Å². The van der Waals surface area contributed by atoms with Crippen molar-refractivity contribution in [1.82, 2.24) is 14.5 Å². The van der Waals surface area contributed by atoms with Gasteiger partial charge in [0.05, 0.1) is 22.4 Å². The second-order valence-corrected chi connectivity index (χ2v) is 17.3. The molecule has 0 unspecified atom stereocenters. The van der Waals surface area contributed by atoms with E-state index in [-0.39, 0.29) is 0 Å². The Morgan fingerprint density at radius 3 is 1.31 bits per heavy atom. The Hall–Kier alpha value is -8.92. The molecule has 13 rings (SSSR count). The normalized spacial score (nSPS) is 11.6. The van der Waals surface area contributed by atoms with Crippen molar-refractivity contribution in [3.05, 3.63) is 249 Å². The molecule has 2 heterocycles. The van der Waals surface area contributed by atoms with Gasteiger partial charge >= 0.3 is 0 Å². The van der Waals surface area contributed by atoms with E-state index in [1.807, 2.05) is 6.07 Å². The van der Waals surface area contributed by atoms with Crippen molar-refractivity contribution >= 4 is 54.1 Å². The van der Waals surface area contributed by atoms with E-state index in [0.717, 1.165) is 67.1 Å². The van der Waals surface area contributed by atoms with Crippen LogP contribution < -0.4 is 0 Å². The zero-order valence-corrected chi connectivity index (χ0v) is 36.5. The first kappa shape index (κ1) is 38.5. The van der Waals surface area contributed by atoms with Crippen molar-refractivity contribution in [1.29, 1.82) is 0 Å². The number of hydrogen-bond donors (Lipinski definition) is 0. The third-order valence-corrected chi connectivity index (χ3v) is 13.4. The molecular weight excluding hydrogens is 811 g/mol. The molecule has 0 N–H and O–H groups in total. The largest absolute Gasteiger partial charge is 0.309 e. The summed E-state index contributed by atoms with van der Waals surface area (Å²) < 4.78 is 2.44. The summed E-state index contributed by atoms with van der Waals surface area (Å²) in [7, 11) is 0. The number of rotatable bonds is 7. The van der Waals surface area contributed by atoms with Crippen LogP contribution in [0.5, 0.6) is 0 Å². The molecule has 0 saturated carbocycles. The molecule has 0 radical (unpaired) electrons. The fourth-order valence-corrected chi connectivity index (χ4v) is 10.1. The number of fused-ring (bicyclic) bond motifs is 9. The lowest BCUT2D eigenvalue weighted by molar-refractivity contribution is 1.16. The standard InChI is InChI=1S/C64H41N3/c1-4-17-42(18-5-1)45-23-16-24-48(35-45)60-41-61(66-64(65-60)44-21-8-3-9-22-44)50-36-49(46-31-33-56-54-27-11-10-25-52(54)53-26-12-13-28-55(53)59(56)39-46)37-51(38-50)67-62-30-15-14-29-57(62)58-34-32-47(40-63(58)67)43-19-6-2-7-20-43/h1-41H. The first-order valence-corrected chi connectivity index (χ1v) is 22.9. The highest BCUT2D eigenvalue weighted by molar-refractivity contribution is 6.25. The van der Waals surface area contributed by atoms with E-state index in [2.05, 4.69) is 247 Å². The molecule has 312 valence electrons. The molecule has 67 heavy (non-hydrogen) atoms. The molecule has 0 atom stereocenters. The van der Waals surface area contributed by atoms with E-state index in [4.69, 9.17) is 9.97 Å². The summed E-state index contributed by atoms with van der Waals surface area (Å²) in [4.78, 5) is 10.7. The zero-order chi connectivity index (χ0) is 44.3. The highest BCUT2D eigenvalue weighted by Crippen LogP contribution is 2.41. The Morgan fingerprint density at radius 2 is 0.657 bits per heavy atom. The number of para-hydroxylation sites is 1. The van der Waals surface area contributed by atoms with Gasteiger partial charge in [-0.3, -0.25) is 0 Å². The summed E-state index contributed by atoms with van der Waals surface area (Å²) in [6, 6.07) is 89.6. The van der Waals surface area contributed by atoms with Crippen molar-refractivity contribution < 1.29 is 0 Å². The number of nitrogens with zero attached hydrogens (tertiary/aromatic N) is 3. The Kier molecular flexibility index (Phi) is 9.17. The van der Waals surface area contributed by atoms with Gasteiger partial charge in [0, 0.05) is 33.2 Å². The predicted octanol–water partition coefficient (Wildman–Crippen LogP) is 17.0. The molecule has 3 nitrogen and oxygen atoms in total. The van der Waals surface area contributed by atoms with E-state index in [1.165, 1.54) is 54.2 Å². The first-order valence-electron chi connectivity index (χ1n) is 22.9. The molecule has 11 aromatic carbocycles. The number of aromatic nitrogens is 3. The van der Waals surface area contributed by atoms with Crippen molar-refractivity contribution in [3.63, 3.8) is 0 Å². The lowest BCUT2D eigenvalue weighted by Gasteiger charge is -2.16. The van der Waals surface area contributed by atoms with E-state index < -0.39 is 0 Å². The van der Waals surface area contributed by atoms with Crippen molar-refractivity contribution in [2.24, 2.45) is 0 Å². The van der Waals surface area contributed by atoms with E-state index in [1.54, 1.807) is 0 Å². The maximum absolute atomic E-state index is 5.42. The fourth-order valence-electron chi connectivity index (χ4n) is 10.1. The van der Waals surface area contributed by atoms with Crippen LogP contribution in [-0.4, -0.2) is 14.5 Å². The minimum atomic E-state index is 0.679. The number of benzene rings is 11. The summed E-state index contributed by atoms with van der Waals surface area (Å²) in [5.41, 5.74) is 15.0. The highest BCUT2D eigenvalue weighted by atomic mass is 15.0. The van der Waals surface area contributed by atoms with Crippen LogP contribution in [0.3, 0.4) is 0 Å². The monoisotopic (exact) mass is 851 g/mol. The van der Waals surface area contributed by atoms with Crippen molar-refractivity contribution in [2.45, 2.75) is 0 Å². The maximum atomic E-state index is 5.42. The molecule has 0 spiro atoms. The van der Waals surface area contributed by atoms with Crippen LogP contribution in [0.2, 0.25) is 0 Å². The third kappa shape index (κ3) is 6.76. The SMILES string of the molecule is c1ccc(-c2cccc(-c3cc(-c4cc(-c5ccc6c7ccccc7c7ccccc7c6c5)cc(-n5c6ccccc6c6ccc(-c7ccccc7)cc65)c4)nc(-c4ccccc4)n3)c2)cc1. The molecular formula is C64H41N3. The van der Waals surface area contributed by atoms with E-state index >= 15 is 0 Å². The number of hydrogen-bond acceptors (Lipinski definition) is 2. The van der Waals surface area contributed by atoms with Gasteiger partial charge in [0.1, 0.15) is 0 Å². The van der Waals surface area contributed by atoms with Crippen LogP contribution in [0.15, 0.2) is 249 Å². The average Bonchev–Trinajstić information content (AvgIpc) is 3.75. The Morgan fingerprint density at radius 1 is 0.224 bits per heavy atom. The Bertz CT molecular complexity index is 3990. The van der Waals surface area contributed by atoms with Crippen LogP contribution in [0.4, 0.5) is 0 Å². The molecule has 13 aromatic rings. The van der Waals surface area contributed by atoms with Crippen LogP contribution in [0.25, 0.3) is 127 Å². The predicted molar refractivity (Wildman–Crippen MR) is 282 cm³/mol. The first-order chi connectivity index (χ1) is 33.2. The Balaban J connectivity index is 1.09. The molecule has 0 fully saturated rings. The molecule has 0 bridgehead atoms. The van der Waals surface area contributed by atoms with Gasteiger partial charge in [-0.25, -0.2) is 9.97 Å². The molecule has 0 aliphatic heterocycles. The minimum Gasteiger partial charge on any atom is -0.309 e. The average molecular weight is 852 g/mol. The highest BCUT2D eigenvalue weighted by Gasteiger charge is 2.19. The summed E-state index contributed by atoms with van der Waals surface area (Å²) in [5.74, 6) is 0.679. The molecule has 3 heteroatoms. The van der Waals surface area contributed by atoms with Crippen LogP contribution in [-0.2, 0) is 0 Å². The van der Waals surface area contributed by atoms with Gasteiger partial charge in [-0.05, 0) is 114 Å². The van der Waals surface area contributed by atoms with Gasteiger partial charge in [0.2, 0.25) is 0 Å². The van der Waals surface area contributed by atoms with E-state index in [9.17, 15) is 0 Å². The van der Waals surface area contributed by atoms with E-state index in [0.29, 0.717) is 5.82 Å². The smallest absolute Gasteiger partial charge is 0.160 e. The van der Waals surface area contributed by atoms with Gasteiger partial charge in [-0.15, -0.1) is 0 Å². The zero-order valence-electron chi connectivity index (χ0n) is 36.5. The van der Waals surface area contributed by atoms with Crippen molar-refractivity contribution in [3.8, 4) is 73.0 Å². The Labute approximate surface area is 388 Å².